The molecule has 0 saturated carbocycles. The van der Waals surface area contributed by atoms with Gasteiger partial charge in [-0.1, -0.05) is 24.3 Å². The minimum atomic E-state index is -0.320. The second kappa shape index (κ2) is 14.8. The first-order chi connectivity index (χ1) is 21.9. The topological polar surface area (TPSA) is 93.2 Å². The molecule has 2 heterocycles. The van der Waals surface area contributed by atoms with Crippen LogP contribution in [0.1, 0.15) is 39.3 Å². The van der Waals surface area contributed by atoms with Gasteiger partial charge in [0.15, 0.2) is 23.1 Å². The van der Waals surface area contributed by atoms with Crippen molar-refractivity contribution in [2.45, 2.75) is 19.4 Å². The maximum Gasteiger partial charge on any atom is 0.181 e. The molecule has 5 rings (SSSR count). The molecule has 0 atom stereocenters. The van der Waals surface area contributed by atoms with E-state index in [4.69, 9.17) is 23.7 Å². The maximum absolute atomic E-state index is 14.3. The summed E-state index contributed by atoms with van der Waals surface area (Å²) in [6, 6.07) is 20.6. The van der Waals surface area contributed by atoms with Gasteiger partial charge in [0.1, 0.15) is 35.3 Å². The predicted molar refractivity (Wildman–Crippen MR) is 171 cm³/mol. The number of halogens is 1. The van der Waals surface area contributed by atoms with E-state index in [0.717, 1.165) is 11.3 Å². The third-order valence-electron chi connectivity index (χ3n) is 7.15. The number of aromatic nitrogens is 1. The highest BCUT2D eigenvalue weighted by molar-refractivity contribution is 7.17. The number of rotatable bonds is 15. The molecule has 0 unspecified atom stereocenters. The smallest absolute Gasteiger partial charge is 0.181 e. The van der Waals surface area contributed by atoms with Gasteiger partial charge in [-0.15, -0.1) is 11.3 Å². The Balaban J connectivity index is 1.17. The molecule has 0 aliphatic rings. The van der Waals surface area contributed by atoms with Gasteiger partial charge in [0, 0.05) is 34.7 Å². The number of thiophene rings is 1. The number of carbonyl (C=O) groups is 2. The van der Waals surface area contributed by atoms with E-state index >= 15 is 0 Å². The lowest BCUT2D eigenvalue weighted by Crippen LogP contribution is -2.09. The summed E-state index contributed by atoms with van der Waals surface area (Å²) in [5.41, 5.74) is 2.74. The first-order valence-corrected chi connectivity index (χ1v) is 15.1. The van der Waals surface area contributed by atoms with Crippen molar-refractivity contribution in [1.29, 1.82) is 0 Å². The minimum absolute atomic E-state index is 0.0168. The van der Waals surface area contributed by atoms with E-state index in [9.17, 15) is 14.0 Å². The van der Waals surface area contributed by atoms with Crippen LogP contribution in [0.4, 0.5) is 4.39 Å². The van der Waals surface area contributed by atoms with Crippen LogP contribution in [-0.4, -0.2) is 51.1 Å². The lowest BCUT2D eigenvalue weighted by Gasteiger charge is -2.12. The highest BCUT2D eigenvalue weighted by Gasteiger charge is 2.19. The molecule has 0 fully saturated rings. The van der Waals surface area contributed by atoms with E-state index < -0.39 is 0 Å². The zero-order chi connectivity index (χ0) is 31.8. The Morgan fingerprint density at radius 3 is 2.31 bits per heavy atom. The number of ether oxygens (including phenoxy) is 5. The number of methoxy groups -OCH3 is 3. The molecule has 0 radical (unpaired) electrons. The Hall–Kier alpha value is -4.80. The van der Waals surface area contributed by atoms with Crippen LogP contribution >= 0.6 is 11.3 Å². The van der Waals surface area contributed by atoms with Crippen LogP contribution in [0.15, 0.2) is 78.2 Å². The zero-order valence-corrected chi connectivity index (χ0v) is 25.9. The summed E-state index contributed by atoms with van der Waals surface area (Å²) >= 11 is 1.26. The number of hydrogen-bond acceptors (Lipinski definition) is 9. The number of pyridine rings is 1. The molecule has 45 heavy (non-hydrogen) atoms. The average molecular weight is 630 g/mol. The number of Topliss-reactive ketones (excluding diaryl/α,β-unsaturated/α-hetero) is 2. The molecule has 0 amide bonds. The second-order valence-corrected chi connectivity index (χ2v) is 10.9. The van der Waals surface area contributed by atoms with Gasteiger partial charge in [0.05, 0.1) is 39.2 Å². The van der Waals surface area contributed by atoms with Crippen molar-refractivity contribution in [2.75, 3.05) is 34.5 Å². The quantitative estimate of drug-likeness (QED) is 0.0865. The first-order valence-electron chi connectivity index (χ1n) is 14.2. The van der Waals surface area contributed by atoms with Crippen molar-refractivity contribution in [1.82, 2.24) is 4.98 Å². The third kappa shape index (κ3) is 7.47. The summed E-state index contributed by atoms with van der Waals surface area (Å²) in [6.45, 7) is 1.09. The second-order valence-electron chi connectivity index (χ2n) is 9.97. The standard InChI is InChI=1S/C35H32FNO7S/c1-40-24-10-7-22(8-11-24)20-43-17-18-44-31-15-9-23(19-33(31)42-3)29(38)13-14-30(39)28-12-16-32(41-2)34(37-28)26-21-45-35-25(26)5-4-6-27(35)36/h4-12,15-16,19,21H,13-14,17-18,20H2,1-3H3. The van der Waals surface area contributed by atoms with Gasteiger partial charge in [-0.25, -0.2) is 9.37 Å². The summed E-state index contributed by atoms with van der Waals surface area (Å²) in [5.74, 6) is 1.30. The van der Waals surface area contributed by atoms with Crippen LogP contribution in [0.3, 0.4) is 0 Å². The lowest BCUT2D eigenvalue weighted by molar-refractivity contribution is 0.0878. The summed E-state index contributed by atoms with van der Waals surface area (Å²) in [7, 11) is 4.63. The lowest BCUT2D eigenvalue weighted by atomic mass is 10.0. The van der Waals surface area contributed by atoms with Crippen LogP contribution < -0.4 is 18.9 Å². The van der Waals surface area contributed by atoms with Gasteiger partial charge in [-0.3, -0.25) is 9.59 Å². The fourth-order valence-corrected chi connectivity index (χ4v) is 5.71. The molecule has 10 heteroatoms. The highest BCUT2D eigenvalue weighted by Crippen LogP contribution is 2.38. The van der Waals surface area contributed by atoms with Gasteiger partial charge in [0.25, 0.3) is 0 Å². The van der Waals surface area contributed by atoms with Gasteiger partial charge < -0.3 is 23.7 Å². The van der Waals surface area contributed by atoms with Crippen molar-refractivity contribution < 1.29 is 37.7 Å². The molecule has 0 aliphatic carbocycles. The van der Waals surface area contributed by atoms with E-state index in [1.165, 1.54) is 31.6 Å². The van der Waals surface area contributed by atoms with Crippen molar-refractivity contribution in [2.24, 2.45) is 0 Å². The molecular formula is C35H32FNO7S. The fourth-order valence-electron chi connectivity index (χ4n) is 4.75. The largest absolute Gasteiger partial charge is 0.497 e. The van der Waals surface area contributed by atoms with Gasteiger partial charge in [0.2, 0.25) is 0 Å². The van der Waals surface area contributed by atoms with Crippen LogP contribution in [0.5, 0.6) is 23.0 Å². The fraction of sp³-hybridized carbons (Fsp3) is 0.229. The minimum Gasteiger partial charge on any atom is -0.497 e. The number of ketones is 2. The van der Waals surface area contributed by atoms with E-state index in [2.05, 4.69) is 4.98 Å². The van der Waals surface area contributed by atoms with Crippen molar-refractivity contribution in [3.8, 4) is 34.3 Å². The van der Waals surface area contributed by atoms with Crippen LogP contribution in [-0.2, 0) is 11.3 Å². The summed E-state index contributed by atoms with van der Waals surface area (Å²) in [4.78, 5) is 30.7. The van der Waals surface area contributed by atoms with Gasteiger partial charge in [-0.05, 0) is 54.1 Å². The number of fused-ring (bicyclic) bond motifs is 1. The Labute approximate surface area is 264 Å². The van der Waals surface area contributed by atoms with E-state index in [0.29, 0.717) is 64.0 Å². The van der Waals surface area contributed by atoms with Crippen LogP contribution in [0.25, 0.3) is 21.3 Å². The monoisotopic (exact) mass is 629 g/mol. The van der Waals surface area contributed by atoms with Crippen molar-refractivity contribution in [3.63, 3.8) is 0 Å². The number of benzene rings is 3. The first kappa shape index (κ1) is 31.6. The maximum atomic E-state index is 14.3. The molecule has 2 aromatic heterocycles. The Morgan fingerprint density at radius 1 is 0.800 bits per heavy atom. The summed E-state index contributed by atoms with van der Waals surface area (Å²) in [6.07, 6.45) is -0.0558. The van der Waals surface area contributed by atoms with Crippen molar-refractivity contribution >= 4 is 33.0 Å². The zero-order valence-electron chi connectivity index (χ0n) is 25.1. The molecule has 0 aliphatic heterocycles. The number of hydrogen-bond donors (Lipinski definition) is 0. The molecular weight excluding hydrogens is 597 g/mol. The number of nitrogens with zero attached hydrogens (tertiary/aromatic N) is 1. The van der Waals surface area contributed by atoms with Crippen LogP contribution in [0, 0.1) is 5.82 Å². The van der Waals surface area contributed by atoms with Gasteiger partial charge >= 0.3 is 0 Å². The van der Waals surface area contributed by atoms with Crippen LogP contribution in [0.2, 0.25) is 0 Å². The molecule has 3 aromatic carbocycles. The molecule has 8 nitrogen and oxygen atoms in total. The number of carbonyl (C=O) groups excluding carboxylic acids is 2. The predicted octanol–water partition coefficient (Wildman–Crippen LogP) is 7.57. The van der Waals surface area contributed by atoms with E-state index in [-0.39, 0.29) is 35.9 Å². The van der Waals surface area contributed by atoms with E-state index in [1.807, 2.05) is 24.3 Å². The van der Waals surface area contributed by atoms with Crippen molar-refractivity contribution in [3.05, 3.63) is 101 Å². The van der Waals surface area contributed by atoms with Gasteiger partial charge in [-0.2, -0.15) is 0 Å². The molecule has 0 saturated heterocycles. The molecule has 0 N–H and O–H groups in total. The molecule has 0 spiro atoms. The molecule has 0 bridgehead atoms. The summed E-state index contributed by atoms with van der Waals surface area (Å²) in [5, 5.41) is 2.49. The third-order valence-corrected chi connectivity index (χ3v) is 8.15. The summed E-state index contributed by atoms with van der Waals surface area (Å²) < 4.78 is 42.4. The molecule has 232 valence electrons. The normalized spacial score (nSPS) is 10.9. The SMILES string of the molecule is COc1ccc(COCCOc2ccc(C(=O)CCC(=O)c3ccc(OC)c(-c4csc5c(F)cccc45)n3)cc2OC)cc1. The van der Waals surface area contributed by atoms with E-state index in [1.54, 1.807) is 55.0 Å². The Bertz CT molecular complexity index is 1800. The Kier molecular flexibility index (Phi) is 10.4. The highest BCUT2D eigenvalue weighted by atomic mass is 32.1. The Morgan fingerprint density at radius 2 is 1.56 bits per heavy atom. The average Bonchev–Trinajstić information content (AvgIpc) is 3.52. The molecule has 5 aromatic rings.